The highest BCUT2D eigenvalue weighted by Gasteiger charge is 2.78. The van der Waals surface area contributed by atoms with Gasteiger partial charge in [0.1, 0.15) is 0 Å². The maximum atomic E-state index is 12.6. The summed E-state index contributed by atoms with van der Waals surface area (Å²) < 4.78 is 90.1. The summed E-state index contributed by atoms with van der Waals surface area (Å²) in [6.07, 6.45) is -11.9. The summed E-state index contributed by atoms with van der Waals surface area (Å²) in [5.41, 5.74) is 0. The third-order valence-corrected chi connectivity index (χ3v) is 1.28. The Morgan fingerprint density at radius 2 is 1.64 bits per heavy atom. The average Bonchev–Trinajstić information content (AvgIpc) is 1.96. The largest absolute Gasteiger partial charge is 0.481 e. The Hall–Kier alpha value is -1.15. The highest BCUT2D eigenvalue weighted by atomic mass is 19.4. The first-order valence-electron chi connectivity index (χ1n) is 2.96. The molecule has 0 aromatic carbocycles. The van der Waals surface area contributed by atoms with Crippen molar-refractivity contribution in [2.24, 2.45) is 0 Å². The van der Waals surface area contributed by atoms with Crippen LogP contribution >= 0.6 is 0 Å². The number of ether oxygens (including phenoxy) is 2. The van der Waals surface area contributed by atoms with Crippen LogP contribution in [0, 0.1) is 0 Å². The second-order valence-corrected chi connectivity index (χ2v) is 2.25. The summed E-state index contributed by atoms with van der Waals surface area (Å²) >= 11 is 0. The van der Waals surface area contributed by atoms with Crippen LogP contribution in [0.15, 0.2) is 12.3 Å². The number of alkyl halides is 6. The van der Waals surface area contributed by atoms with Gasteiger partial charge in [0.15, 0.2) is 6.26 Å². The molecule has 14 heavy (non-hydrogen) atoms. The number of rotatable bonds is 0. The third kappa shape index (κ3) is 1.36. The van der Waals surface area contributed by atoms with E-state index in [1.54, 1.807) is 0 Å². The molecular weight excluding hydrogens is 225 g/mol. The maximum Gasteiger partial charge on any atom is 0.481 e. The molecule has 0 spiro atoms. The minimum Gasteiger partial charge on any atom is -0.428 e. The van der Waals surface area contributed by atoms with Crippen LogP contribution in [0.2, 0.25) is 0 Å². The summed E-state index contributed by atoms with van der Waals surface area (Å²) in [5.74, 6) is -5.52. The molecule has 1 unspecified atom stereocenters. The van der Waals surface area contributed by atoms with E-state index in [4.69, 9.17) is 0 Å². The van der Waals surface area contributed by atoms with Crippen molar-refractivity contribution in [3.8, 4) is 0 Å². The van der Waals surface area contributed by atoms with E-state index in [-0.39, 0.29) is 0 Å². The summed E-state index contributed by atoms with van der Waals surface area (Å²) in [5, 5.41) is 0. The van der Waals surface area contributed by atoms with Crippen molar-refractivity contribution in [1.82, 2.24) is 0 Å². The molecule has 2 nitrogen and oxygen atoms in total. The Morgan fingerprint density at radius 1 is 1.14 bits per heavy atom. The molecule has 82 valence electrons. The van der Waals surface area contributed by atoms with Crippen LogP contribution in [0.1, 0.15) is 0 Å². The summed E-state index contributed by atoms with van der Waals surface area (Å²) in [7, 11) is 0. The lowest BCUT2D eigenvalue weighted by Gasteiger charge is -2.34. The van der Waals surface area contributed by atoms with E-state index in [9.17, 15) is 30.7 Å². The van der Waals surface area contributed by atoms with Gasteiger partial charge >= 0.3 is 24.2 Å². The topological polar surface area (TPSA) is 18.5 Å². The molecule has 0 amide bonds. The highest BCUT2D eigenvalue weighted by molar-refractivity contribution is 4.96. The first-order valence-corrected chi connectivity index (χ1v) is 2.96. The summed E-state index contributed by atoms with van der Waals surface area (Å²) in [6.45, 7) is 0. The summed E-state index contributed by atoms with van der Waals surface area (Å²) in [6, 6.07) is -2.23. The monoisotopic (exact) mass is 226 g/mol. The molecule has 1 atom stereocenters. The van der Waals surface area contributed by atoms with Gasteiger partial charge in [0, 0.05) is 0 Å². The molecule has 0 aliphatic carbocycles. The van der Waals surface area contributed by atoms with Crippen molar-refractivity contribution in [2.75, 3.05) is 0 Å². The quantitative estimate of drug-likeness (QED) is 0.591. The average molecular weight is 226 g/mol. The fraction of sp³-hybridized carbons (Fsp3) is 0.600. The van der Waals surface area contributed by atoms with Crippen LogP contribution in [-0.2, 0) is 9.47 Å². The smallest absolute Gasteiger partial charge is 0.428 e. The van der Waals surface area contributed by atoms with Crippen LogP contribution in [0.4, 0.5) is 30.7 Å². The van der Waals surface area contributed by atoms with Gasteiger partial charge in [0.2, 0.25) is 0 Å². The van der Waals surface area contributed by atoms with Crippen LogP contribution in [0.25, 0.3) is 0 Å². The van der Waals surface area contributed by atoms with Gasteiger partial charge in [-0.25, -0.2) is 0 Å². The lowest BCUT2D eigenvalue weighted by Crippen LogP contribution is -2.59. The van der Waals surface area contributed by atoms with Crippen LogP contribution in [-0.4, -0.2) is 18.1 Å². The molecule has 0 radical (unpaired) electrons. The molecule has 9 heteroatoms. The van der Waals surface area contributed by atoms with E-state index in [1.807, 2.05) is 0 Å². The predicted octanol–water partition coefficient (Wildman–Crippen LogP) is 2.62. The van der Waals surface area contributed by atoms with E-state index in [0.717, 1.165) is 0 Å². The summed E-state index contributed by atoms with van der Waals surface area (Å²) in [4.78, 5) is 0. The Labute approximate surface area is 71.9 Å². The van der Waals surface area contributed by atoms with Gasteiger partial charge in [-0.15, -0.1) is 0 Å². The van der Waals surface area contributed by atoms with E-state index in [1.165, 1.54) is 0 Å². The zero-order valence-electron chi connectivity index (χ0n) is 6.04. The second-order valence-electron chi connectivity index (χ2n) is 2.25. The molecular formula is C5HF7O2. The zero-order chi connectivity index (χ0) is 11.2. The van der Waals surface area contributed by atoms with Crippen LogP contribution < -0.4 is 0 Å². The molecule has 0 bridgehead atoms. The van der Waals surface area contributed by atoms with Crippen LogP contribution in [0.5, 0.6) is 0 Å². The predicted molar refractivity (Wildman–Crippen MR) is 26.2 cm³/mol. The Morgan fingerprint density at radius 3 is 2.00 bits per heavy atom. The van der Waals surface area contributed by atoms with E-state index in [2.05, 4.69) is 9.47 Å². The number of hydrogen-bond donors (Lipinski definition) is 0. The lowest BCUT2D eigenvalue weighted by molar-refractivity contribution is -0.456. The SMILES string of the molecule is FC1=COC(F)(F)C(F)(C(F)(F)F)O1. The standard InChI is InChI=1S/C5HF7O2/c6-2-1-13-5(11,12)3(7,14-2)4(8,9)10/h1H. The lowest BCUT2D eigenvalue weighted by atomic mass is 10.2. The second kappa shape index (κ2) is 2.67. The first kappa shape index (κ1) is 10.9. The molecule has 0 fully saturated rings. The maximum absolute atomic E-state index is 12.6. The fourth-order valence-electron chi connectivity index (χ4n) is 0.637. The van der Waals surface area contributed by atoms with Gasteiger partial charge in [-0.2, -0.15) is 30.7 Å². The van der Waals surface area contributed by atoms with Crippen molar-refractivity contribution in [3.63, 3.8) is 0 Å². The molecule has 1 rings (SSSR count). The molecule has 0 aromatic heterocycles. The van der Waals surface area contributed by atoms with Gasteiger partial charge in [-0.05, 0) is 0 Å². The third-order valence-electron chi connectivity index (χ3n) is 1.28. The van der Waals surface area contributed by atoms with Gasteiger partial charge < -0.3 is 9.47 Å². The Kier molecular flexibility index (Phi) is 2.09. The molecule has 1 aliphatic rings. The Bertz CT molecular complexity index is 270. The number of hydrogen-bond acceptors (Lipinski definition) is 2. The zero-order valence-corrected chi connectivity index (χ0v) is 6.04. The van der Waals surface area contributed by atoms with E-state index in [0.29, 0.717) is 0 Å². The Balaban J connectivity index is 3.14. The van der Waals surface area contributed by atoms with Crippen molar-refractivity contribution in [2.45, 2.75) is 18.1 Å². The normalized spacial score (nSPS) is 31.5. The number of halogens is 7. The van der Waals surface area contributed by atoms with Gasteiger partial charge in [0.25, 0.3) is 0 Å². The van der Waals surface area contributed by atoms with E-state index < -0.39 is 30.4 Å². The van der Waals surface area contributed by atoms with Crippen molar-refractivity contribution in [3.05, 3.63) is 12.3 Å². The van der Waals surface area contributed by atoms with Crippen molar-refractivity contribution >= 4 is 0 Å². The van der Waals surface area contributed by atoms with Gasteiger partial charge in [0.05, 0.1) is 0 Å². The van der Waals surface area contributed by atoms with Gasteiger partial charge in [-0.3, -0.25) is 0 Å². The van der Waals surface area contributed by atoms with Crippen molar-refractivity contribution in [1.29, 1.82) is 0 Å². The fourth-order valence-corrected chi connectivity index (χ4v) is 0.637. The highest BCUT2D eigenvalue weighted by Crippen LogP contribution is 2.50. The minimum atomic E-state index is -6.12. The molecule has 0 N–H and O–H groups in total. The first-order chi connectivity index (χ1) is 6.10. The van der Waals surface area contributed by atoms with Crippen molar-refractivity contribution < 1.29 is 40.2 Å². The molecule has 0 saturated heterocycles. The van der Waals surface area contributed by atoms with Gasteiger partial charge in [-0.1, -0.05) is 0 Å². The van der Waals surface area contributed by atoms with E-state index >= 15 is 0 Å². The molecule has 1 aliphatic heterocycles. The molecule has 1 heterocycles. The molecule has 0 aromatic rings. The minimum absolute atomic E-state index is 0.455. The molecule has 0 saturated carbocycles. The van der Waals surface area contributed by atoms with Crippen LogP contribution in [0.3, 0.4) is 0 Å².